The Hall–Kier alpha value is -2.72. The number of nitrogens with zero attached hydrogens (tertiary/aromatic N) is 2. The van der Waals surface area contributed by atoms with E-state index < -0.39 is 35.8 Å². The average Bonchev–Trinajstić information content (AvgIpc) is 3.23. The van der Waals surface area contributed by atoms with Gasteiger partial charge in [0.25, 0.3) is 5.56 Å². The number of aromatic nitrogens is 3. The van der Waals surface area contributed by atoms with E-state index >= 15 is 0 Å². The van der Waals surface area contributed by atoms with Crippen molar-refractivity contribution in [3.05, 3.63) is 74.5 Å². The molecule has 4 rings (SSSR count). The van der Waals surface area contributed by atoms with Gasteiger partial charge in [0.05, 0.1) is 0 Å². The topological polar surface area (TPSA) is 131 Å². The quantitative estimate of drug-likeness (QED) is 0.602. The van der Waals surface area contributed by atoms with Gasteiger partial charge >= 0.3 is 5.69 Å². The first-order chi connectivity index (χ1) is 12.9. The molecular weight excluding hydrogens is 378 g/mol. The molecule has 0 saturated carbocycles. The summed E-state index contributed by atoms with van der Waals surface area (Å²) in [4.78, 5) is 29.5. The van der Waals surface area contributed by atoms with E-state index in [2.05, 4.69) is 9.97 Å². The minimum atomic E-state index is -1.43. The van der Waals surface area contributed by atoms with Crippen molar-refractivity contribution in [2.75, 3.05) is 0 Å². The van der Waals surface area contributed by atoms with Crippen molar-refractivity contribution in [2.45, 2.75) is 24.5 Å². The first kappa shape index (κ1) is 17.7. The van der Waals surface area contributed by atoms with Crippen LogP contribution in [0.3, 0.4) is 0 Å². The second-order valence-corrected chi connectivity index (χ2v) is 6.46. The van der Waals surface area contributed by atoms with Crippen LogP contribution in [0.2, 0.25) is 5.02 Å². The molecule has 1 saturated heterocycles. The summed E-state index contributed by atoms with van der Waals surface area (Å²) >= 11 is 5.87. The Balaban J connectivity index is 1.62. The maximum absolute atomic E-state index is 11.9. The number of halogens is 1. The molecule has 3 N–H and O–H groups in total. The molecule has 0 unspecified atom stereocenters. The second-order valence-electron chi connectivity index (χ2n) is 6.02. The highest BCUT2D eigenvalue weighted by atomic mass is 35.5. The zero-order valence-corrected chi connectivity index (χ0v) is 14.4. The van der Waals surface area contributed by atoms with Crippen molar-refractivity contribution in [2.24, 2.45) is 0 Å². The number of rotatable bonds is 3. The van der Waals surface area contributed by atoms with Gasteiger partial charge in [0, 0.05) is 22.8 Å². The predicted molar refractivity (Wildman–Crippen MR) is 93.1 cm³/mol. The maximum atomic E-state index is 11.9. The highest BCUT2D eigenvalue weighted by Gasteiger charge is 2.47. The number of oxazole rings is 1. The number of H-pyrrole nitrogens is 1. The molecule has 9 nitrogen and oxygen atoms in total. The average molecular weight is 392 g/mol. The van der Waals surface area contributed by atoms with Gasteiger partial charge in [-0.15, -0.1) is 0 Å². The van der Waals surface area contributed by atoms with Gasteiger partial charge in [-0.2, -0.15) is 0 Å². The van der Waals surface area contributed by atoms with E-state index in [4.69, 9.17) is 20.8 Å². The molecule has 10 heteroatoms. The van der Waals surface area contributed by atoms with Gasteiger partial charge in [-0.05, 0) is 12.1 Å². The zero-order valence-electron chi connectivity index (χ0n) is 13.7. The summed E-state index contributed by atoms with van der Waals surface area (Å²) in [5.41, 5.74) is -0.109. The Morgan fingerprint density at radius 2 is 1.85 bits per heavy atom. The minimum absolute atomic E-state index is 0.0477. The van der Waals surface area contributed by atoms with E-state index in [0.29, 0.717) is 10.7 Å². The summed E-state index contributed by atoms with van der Waals surface area (Å²) in [7, 11) is 0. The number of ether oxygens (including phenoxy) is 1. The SMILES string of the molecule is O=c1ccn([C@@H]2O[C@H](c3nc(-c4ccc(Cl)cc4)co3)[C@@H](O)[C@H]2O)c(=O)[nH]1. The molecule has 0 aliphatic carbocycles. The van der Waals surface area contributed by atoms with Crippen LogP contribution in [0.5, 0.6) is 0 Å². The Kier molecular flexibility index (Phi) is 4.44. The molecule has 0 spiro atoms. The lowest BCUT2D eigenvalue weighted by Crippen LogP contribution is -2.37. The summed E-state index contributed by atoms with van der Waals surface area (Å²) in [6, 6.07) is 8.03. The summed E-state index contributed by atoms with van der Waals surface area (Å²) < 4.78 is 12.0. The second kappa shape index (κ2) is 6.78. The largest absolute Gasteiger partial charge is 0.445 e. The van der Waals surface area contributed by atoms with Crippen LogP contribution >= 0.6 is 11.6 Å². The fourth-order valence-corrected chi connectivity index (χ4v) is 3.02. The summed E-state index contributed by atoms with van der Waals surface area (Å²) in [6.07, 6.45) is -2.54. The van der Waals surface area contributed by atoms with E-state index in [1.165, 1.54) is 12.5 Å². The highest BCUT2D eigenvalue weighted by Crippen LogP contribution is 2.38. The van der Waals surface area contributed by atoms with Crippen LogP contribution in [0.25, 0.3) is 11.3 Å². The number of benzene rings is 1. The fraction of sp³-hybridized carbons (Fsp3) is 0.235. The van der Waals surface area contributed by atoms with E-state index in [1.54, 1.807) is 24.3 Å². The molecule has 1 aromatic carbocycles. The molecule has 1 fully saturated rings. The molecular formula is C17H14ClN3O6. The molecule has 0 amide bonds. The number of aliphatic hydroxyl groups is 2. The number of aromatic amines is 1. The summed E-state index contributed by atoms with van der Waals surface area (Å²) in [5.74, 6) is 0.0477. The third kappa shape index (κ3) is 3.21. The van der Waals surface area contributed by atoms with Gasteiger partial charge in [-0.25, -0.2) is 9.78 Å². The molecule has 3 heterocycles. The Morgan fingerprint density at radius 3 is 2.56 bits per heavy atom. The summed E-state index contributed by atoms with van der Waals surface area (Å²) in [5, 5.41) is 21.2. The van der Waals surface area contributed by atoms with Crippen molar-refractivity contribution < 1.29 is 19.4 Å². The minimum Gasteiger partial charge on any atom is -0.445 e. The molecule has 27 heavy (non-hydrogen) atoms. The third-order valence-electron chi connectivity index (χ3n) is 4.27. The van der Waals surface area contributed by atoms with Crippen LogP contribution in [-0.2, 0) is 4.74 Å². The highest BCUT2D eigenvalue weighted by molar-refractivity contribution is 6.30. The third-order valence-corrected chi connectivity index (χ3v) is 4.52. The fourth-order valence-electron chi connectivity index (χ4n) is 2.89. The molecule has 0 bridgehead atoms. The van der Waals surface area contributed by atoms with Crippen LogP contribution in [0.15, 0.2) is 56.8 Å². The van der Waals surface area contributed by atoms with Gasteiger partial charge in [-0.3, -0.25) is 14.3 Å². The first-order valence-electron chi connectivity index (χ1n) is 7.98. The predicted octanol–water partition coefficient (Wildman–Crippen LogP) is 0.837. The normalized spacial score (nSPS) is 25.0. The van der Waals surface area contributed by atoms with Crippen LogP contribution in [0.1, 0.15) is 18.2 Å². The molecule has 140 valence electrons. The number of hydrogen-bond acceptors (Lipinski definition) is 7. The first-order valence-corrected chi connectivity index (χ1v) is 8.36. The van der Waals surface area contributed by atoms with Crippen molar-refractivity contribution in [1.82, 2.24) is 14.5 Å². The summed E-state index contributed by atoms with van der Waals surface area (Å²) in [6.45, 7) is 0. The molecule has 1 aliphatic heterocycles. The van der Waals surface area contributed by atoms with E-state index in [1.807, 2.05) is 0 Å². The molecule has 2 aromatic heterocycles. The van der Waals surface area contributed by atoms with Gasteiger partial charge < -0.3 is 19.4 Å². The Bertz CT molecular complexity index is 1070. The smallest absolute Gasteiger partial charge is 0.330 e. The van der Waals surface area contributed by atoms with Crippen molar-refractivity contribution in [3.63, 3.8) is 0 Å². The zero-order chi connectivity index (χ0) is 19.1. The number of hydrogen-bond donors (Lipinski definition) is 3. The number of nitrogens with one attached hydrogen (secondary N) is 1. The van der Waals surface area contributed by atoms with Crippen LogP contribution in [-0.4, -0.2) is 37.0 Å². The maximum Gasteiger partial charge on any atom is 0.330 e. The van der Waals surface area contributed by atoms with Gasteiger partial charge in [0.15, 0.2) is 12.3 Å². The number of aliphatic hydroxyl groups excluding tert-OH is 2. The lowest BCUT2D eigenvalue weighted by Gasteiger charge is -2.16. The van der Waals surface area contributed by atoms with E-state index in [9.17, 15) is 19.8 Å². The van der Waals surface area contributed by atoms with Crippen molar-refractivity contribution >= 4 is 11.6 Å². The van der Waals surface area contributed by atoms with Crippen molar-refractivity contribution in [3.8, 4) is 11.3 Å². The molecule has 3 aromatic rings. The van der Waals surface area contributed by atoms with Crippen LogP contribution < -0.4 is 11.2 Å². The van der Waals surface area contributed by atoms with E-state index in [-0.39, 0.29) is 5.89 Å². The standard InChI is InChI=1S/C17H14ClN3O6/c18-9-3-1-8(2-4-9)10-7-26-15(19-10)14-12(23)13(24)16(27-14)21-6-5-11(22)20-17(21)25/h1-7,12-14,16,23-24H,(H,20,22,25)/t12-,13+,14-,16+/m0/s1. The van der Waals surface area contributed by atoms with Gasteiger partial charge in [0.2, 0.25) is 5.89 Å². The van der Waals surface area contributed by atoms with Gasteiger partial charge in [-0.1, -0.05) is 23.7 Å². The van der Waals surface area contributed by atoms with Gasteiger partial charge in [0.1, 0.15) is 24.2 Å². The Labute approximate surface area is 156 Å². The lowest BCUT2D eigenvalue weighted by atomic mass is 10.1. The lowest BCUT2D eigenvalue weighted by molar-refractivity contribution is -0.0481. The molecule has 1 aliphatic rings. The molecule has 4 atom stereocenters. The van der Waals surface area contributed by atoms with E-state index in [0.717, 1.165) is 16.2 Å². The van der Waals surface area contributed by atoms with Crippen molar-refractivity contribution in [1.29, 1.82) is 0 Å². The monoisotopic (exact) mass is 391 g/mol. The van der Waals surface area contributed by atoms with Crippen LogP contribution in [0, 0.1) is 0 Å². The Morgan fingerprint density at radius 1 is 1.11 bits per heavy atom. The molecule has 0 radical (unpaired) electrons. The van der Waals surface area contributed by atoms with Crippen LogP contribution in [0.4, 0.5) is 0 Å².